The van der Waals surface area contributed by atoms with Crippen LogP contribution in [0.5, 0.6) is 0 Å². The fourth-order valence-electron chi connectivity index (χ4n) is 1.60. The molecule has 0 saturated heterocycles. The summed E-state index contributed by atoms with van der Waals surface area (Å²) in [5.41, 5.74) is -0.295. The van der Waals surface area contributed by atoms with Crippen molar-refractivity contribution in [2.24, 2.45) is 0 Å². The highest BCUT2D eigenvalue weighted by Crippen LogP contribution is 2.38. The largest absolute Gasteiger partial charge is 0.298 e. The molecule has 0 aliphatic rings. The van der Waals surface area contributed by atoms with Crippen LogP contribution in [0.15, 0.2) is 36.4 Å². The summed E-state index contributed by atoms with van der Waals surface area (Å²) in [7, 11) is 0. The second kappa shape index (κ2) is 4.70. The summed E-state index contributed by atoms with van der Waals surface area (Å²) in [5.74, 6) is -2.63. The molecular formula is C12H6ClF2NO2. The summed E-state index contributed by atoms with van der Waals surface area (Å²) in [5, 5.41) is 10.1. The van der Waals surface area contributed by atoms with E-state index in [4.69, 9.17) is 11.6 Å². The number of benzene rings is 2. The summed E-state index contributed by atoms with van der Waals surface area (Å²) in [6.07, 6.45) is 0. The van der Waals surface area contributed by atoms with Crippen molar-refractivity contribution in [1.82, 2.24) is 0 Å². The maximum absolute atomic E-state index is 13.3. The standard InChI is InChI=1S/C12H6ClF2NO2/c13-10-11(15)9(14)6-8(12(10)16(17)18)7-4-2-1-3-5-7/h1-6H. The molecule has 0 atom stereocenters. The Bertz CT molecular complexity index is 617. The van der Waals surface area contributed by atoms with Crippen molar-refractivity contribution < 1.29 is 13.7 Å². The Morgan fingerprint density at radius 3 is 2.33 bits per heavy atom. The van der Waals surface area contributed by atoms with Crippen molar-refractivity contribution in [2.75, 3.05) is 0 Å². The van der Waals surface area contributed by atoms with E-state index in [0.29, 0.717) is 5.56 Å². The third kappa shape index (κ3) is 2.04. The lowest BCUT2D eigenvalue weighted by molar-refractivity contribution is -0.384. The van der Waals surface area contributed by atoms with Gasteiger partial charge in [0.05, 0.1) is 10.5 Å². The van der Waals surface area contributed by atoms with E-state index in [0.717, 1.165) is 6.07 Å². The topological polar surface area (TPSA) is 43.1 Å². The Kier molecular flexibility index (Phi) is 3.25. The van der Waals surface area contributed by atoms with Crippen LogP contribution in [0.1, 0.15) is 0 Å². The first-order valence-electron chi connectivity index (χ1n) is 4.89. The molecule has 0 aromatic heterocycles. The van der Waals surface area contributed by atoms with Crippen LogP contribution in [0.4, 0.5) is 14.5 Å². The summed E-state index contributed by atoms with van der Waals surface area (Å²) < 4.78 is 26.5. The van der Waals surface area contributed by atoms with Crippen LogP contribution >= 0.6 is 11.6 Å². The van der Waals surface area contributed by atoms with Crippen molar-refractivity contribution in [3.63, 3.8) is 0 Å². The first kappa shape index (κ1) is 12.4. The van der Waals surface area contributed by atoms with Gasteiger partial charge in [0.2, 0.25) is 0 Å². The van der Waals surface area contributed by atoms with Crippen LogP contribution in [-0.2, 0) is 0 Å². The van der Waals surface area contributed by atoms with E-state index >= 15 is 0 Å². The molecule has 3 nitrogen and oxygen atoms in total. The zero-order chi connectivity index (χ0) is 13.3. The number of nitro groups is 1. The molecule has 0 aliphatic carbocycles. The number of rotatable bonds is 2. The fraction of sp³-hybridized carbons (Fsp3) is 0. The van der Waals surface area contributed by atoms with Crippen molar-refractivity contribution in [3.05, 3.63) is 63.2 Å². The lowest BCUT2D eigenvalue weighted by Crippen LogP contribution is -1.98. The summed E-state index contributed by atoms with van der Waals surface area (Å²) in [6.45, 7) is 0. The van der Waals surface area contributed by atoms with Gasteiger partial charge in [-0.3, -0.25) is 10.1 Å². The Hall–Kier alpha value is -2.01. The summed E-state index contributed by atoms with van der Waals surface area (Å²) in [6, 6.07) is 8.85. The van der Waals surface area contributed by atoms with E-state index in [-0.39, 0.29) is 5.56 Å². The van der Waals surface area contributed by atoms with Crippen LogP contribution in [0.2, 0.25) is 5.02 Å². The van der Waals surface area contributed by atoms with Gasteiger partial charge in [-0.25, -0.2) is 8.78 Å². The van der Waals surface area contributed by atoms with Gasteiger partial charge < -0.3 is 0 Å². The highest BCUT2D eigenvalue weighted by molar-refractivity contribution is 6.33. The first-order valence-corrected chi connectivity index (χ1v) is 5.27. The molecule has 0 bridgehead atoms. The van der Waals surface area contributed by atoms with Gasteiger partial charge in [-0.1, -0.05) is 41.9 Å². The molecule has 0 spiro atoms. The number of halogens is 3. The third-order valence-electron chi connectivity index (χ3n) is 2.40. The van der Waals surface area contributed by atoms with E-state index in [9.17, 15) is 18.9 Å². The SMILES string of the molecule is O=[N+]([O-])c1c(-c2ccccc2)cc(F)c(F)c1Cl. The van der Waals surface area contributed by atoms with Crippen molar-refractivity contribution >= 4 is 17.3 Å². The zero-order valence-corrected chi connectivity index (χ0v) is 9.62. The number of hydrogen-bond donors (Lipinski definition) is 0. The smallest absolute Gasteiger partial charge is 0.258 e. The summed E-state index contributed by atoms with van der Waals surface area (Å²) >= 11 is 5.49. The van der Waals surface area contributed by atoms with Gasteiger partial charge in [-0.2, -0.15) is 0 Å². The maximum atomic E-state index is 13.3. The maximum Gasteiger partial charge on any atom is 0.298 e. The predicted molar refractivity (Wildman–Crippen MR) is 63.5 cm³/mol. The Morgan fingerprint density at radius 2 is 1.78 bits per heavy atom. The molecule has 6 heteroatoms. The molecule has 18 heavy (non-hydrogen) atoms. The van der Waals surface area contributed by atoms with Gasteiger partial charge in [0, 0.05) is 0 Å². The lowest BCUT2D eigenvalue weighted by atomic mass is 10.0. The van der Waals surface area contributed by atoms with Gasteiger partial charge in [-0.05, 0) is 11.6 Å². The first-order chi connectivity index (χ1) is 8.52. The average Bonchev–Trinajstić information content (AvgIpc) is 2.36. The van der Waals surface area contributed by atoms with Crippen LogP contribution in [0, 0.1) is 21.7 Å². The molecule has 0 unspecified atom stereocenters. The van der Waals surface area contributed by atoms with Gasteiger partial charge in [0.15, 0.2) is 16.7 Å². The average molecular weight is 270 g/mol. The van der Waals surface area contributed by atoms with Gasteiger partial charge in [0.1, 0.15) is 0 Å². The van der Waals surface area contributed by atoms with Gasteiger partial charge in [-0.15, -0.1) is 0 Å². The minimum absolute atomic E-state index is 0.0514. The molecule has 0 radical (unpaired) electrons. The molecular weight excluding hydrogens is 264 g/mol. The third-order valence-corrected chi connectivity index (χ3v) is 2.75. The van der Waals surface area contributed by atoms with E-state index in [1.165, 1.54) is 0 Å². The predicted octanol–water partition coefficient (Wildman–Crippen LogP) is 4.19. The van der Waals surface area contributed by atoms with E-state index in [2.05, 4.69) is 0 Å². The number of hydrogen-bond acceptors (Lipinski definition) is 2. The van der Waals surface area contributed by atoms with Gasteiger partial charge in [0.25, 0.3) is 5.69 Å². The molecule has 0 saturated carbocycles. The minimum atomic E-state index is -1.41. The molecule has 92 valence electrons. The molecule has 2 rings (SSSR count). The Morgan fingerprint density at radius 1 is 1.17 bits per heavy atom. The highest BCUT2D eigenvalue weighted by atomic mass is 35.5. The second-order valence-electron chi connectivity index (χ2n) is 3.51. The fourth-order valence-corrected chi connectivity index (χ4v) is 1.86. The number of nitrogens with zero attached hydrogens (tertiary/aromatic N) is 1. The number of nitro benzene ring substituents is 1. The van der Waals surface area contributed by atoms with Crippen molar-refractivity contribution in [1.29, 1.82) is 0 Å². The normalized spacial score (nSPS) is 10.4. The van der Waals surface area contributed by atoms with Crippen molar-refractivity contribution in [2.45, 2.75) is 0 Å². The lowest BCUT2D eigenvalue weighted by Gasteiger charge is -2.06. The van der Waals surface area contributed by atoms with Crippen LogP contribution in [-0.4, -0.2) is 4.92 Å². The molecule has 2 aromatic rings. The molecule has 2 aromatic carbocycles. The van der Waals surface area contributed by atoms with Crippen molar-refractivity contribution in [3.8, 4) is 11.1 Å². The van der Waals surface area contributed by atoms with E-state index < -0.39 is 27.3 Å². The van der Waals surface area contributed by atoms with Crippen LogP contribution < -0.4 is 0 Å². The van der Waals surface area contributed by atoms with Gasteiger partial charge >= 0.3 is 0 Å². The molecule has 0 heterocycles. The molecule has 0 fully saturated rings. The Labute approximate surface area is 106 Å². The molecule has 0 N–H and O–H groups in total. The van der Waals surface area contributed by atoms with E-state index in [1.807, 2.05) is 0 Å². The minimum Gasteiger partial charge on any atom is -0.258 e. The van der Waals surface area contributed by atoms with Crippen LogP contribution in [0.3, 0.4) is 0 Å². The highest BCUT2D eigenvalue weighted by Gasteiger charge is 2.26. The Balaban J connectivity index is 2.78. The molecule has 0 aliphatic heterocycles. The summed E-state index contributed by atoms with van der Waals surface area (Å²) in [4.78, 5) is 10.1. The van der Waals surface area contributed by atoms with Crippen LogP contribution in [0.25, 0.3) is 11.1 Å². The molecule has 0 amide bonds. The zero-order valence-electron chi connectivity index (χ0n) is 8.86. The van der Waals surface area contributed by atoms with E-state index in [1.54, 1.807) is 30.3 Å². The monoisotopic (exact) mass is 269 g/mol. The quantitative estimate of drug-likeness (QED) is 0.466. The second-order valence-corrected chi connectivity index (χ2v) is 3.88.